The first-order chi connectivity index (χ1) is 18.5. The van der Waals surface area contributed by atoms with Crippen LogP contribution in [0.25, 0.3) is 11.3 Å². The minimum absolute atomic E-state index is 0.0360. The standard InChI is InChI=1S/C30H30Cl2N4O3/c1-18(24-14-22(31)15-25(32)28(24)37)33-34-29(38)27-16-26(20-8-12-23(39-5)13-9-20)35-36(27)17-19-6-10-21(11-7-19)30(2,3)4/h6-16,37H,17H2,1-5H3,(H,34,38)/b33-18+. The highest BCUT2D eigenvalue weighted by Gasteiger charge is 2.19. The van der Waals surface area contributed by atoms with Crippen LogP contribution in [0.3, 0.4) is 0 Å². The summed E-state index contributed by atoms with van der Waals surface area (Å²) in [6, 6.07) is 20.4. The average molecular weight is 566 g/mol. The van der Waals surface area contributed by atoms with Gasteiger partial charge in [-0.2, -0.15) is 10.2 Å². The zero-order valence-corrected chi connectivity index (χ0v) is 23.9. The number of halogens is 2. The van der Waals surface area contributed by atoms with Gasteiger partial charge in [0.25, 0.3) is 5.91 Å². The number of phenolic OH excluding ortho intramolecular Hbond substituents is 1. The molecular formula is C30H30Cl2N4O3. The maximum Gasteiger partial charge on any atom is 0.289 e. The Labute approximate surface area is 238 Å². The summed E-state index contributed by atoms with van der Waals surface area (Å²) < 4.78 is 6.91. The van der Waals surface area contributed by atoms with Gasteiger partial charge in [-0.1, -0.05) is 68.2 Å². The summed E-state index contributed by atoms with van der Waals surface area (Å²) in [5, 5.41) is 19.7. The van der Waals surface area contributed by atoms with E-state index in [9.17, 15) is 9.90 Å². The molecule has 0 atom stereocenters. The van der Waals surface area contributed by atoms with Crippen molar-refractivity contribution in [1.29, 1.82) is 0 Å². The number of benzene rings is 3. The number of phenols is 1. The quantitative estimate of drug-likeness (QED) is 0.185. The molecule has 3 aromatic carbocycles. The van der Waals surface area contributed by atoms with Crippen LogP contribution >= 0.6 is 23.2 Å². The van der Waals surface area contributed by atoms with Crippen LogP contribution in [0.2, 0.25) is 10.0 Å². The van der Waals surface area contributed by atoms with E-state index in [2.05, 4.69) is 43.4 Å². The molecule has 0 saturated heterocycles. The molecule has 0 radical (unpaired) electrons. The van der Waals surface area contributed by atoms with Gasteiger partial charge in [-0.15, -0.1) is 0 Å². The number of amides is 1. The number of carbonyl (C=O) groups excluding carboxylic acids is 1. The predicted molar refractivity (Wildman–Crippen MR) is 156 cm³/mol. The van der Waals surface area contributed by atoms with E-state index < -0.39 is 5.91 Å². The fourth-order valence-corrected chi connectivity index (χ4v) is 4.49. The second-order valence-corrected chi connectivity index (χ2v) is 11.0. The zero-order valence-electron chi connectivity index (χ0n) is 22.4. The van der Waals surface area contributed by atoms with Gasteiger partial charge in [-0.25, -0.2) is 5.43 Å². The van der Waals surface area contributed by atoms with E-state index in [0.29, 0.717) is 34.2 Å². The molecule has 7 nitrogen and oxygen atoms in total. The largest absolute Gasteiger partial charge is 0.506 e. The topological polar surface area (TPSA) is 88.7 Å². The predicted octanol–water partition coefficient (Wildman–Crippen LogP) is 7.07. The fourth-order valence-electron chi connectivity index (χ4n) is 4.00. The highest BCUT2D eigenvalue weighted by Crippen LogP contribution is 2.31. The number of nitrogens with one attached hydrogen (secondary N) is 1. The third kappa shape index (κ3) is 6.61. The zero-order chi connectivity index (χ0) is 28.3. The lowest BCUT2D eigenvalue weighted by Crippen LogP contribution is -2.23. The number of carbonyl (C=O) groups is 1. The van der Waals surface area contributed by atoms with Crippen molar-refractivity contribution in [3.8, 4) is 22.8 Å². The molecule has 2 N–H and O–H groups in total. The van der Waals surface area contributed by atoms with Gasteiger partial charge in [0, 0.05) is 16.1 Å². The first kappa shape index (κ1) is 28.2. The maximum atomic E-state index is 13.3. The number of ether oxygens (including phenoxy) is 1. The molecule has 0 bridgehead atoms. The molecule has 1 heterocycles. The van der Waals surface area contributed by atoms with Crippen molar-refractivity contribution in [3.05, 3.63) is 99.2 Å². The van der Waals surface area contributed by atoms with Gasteiger partial charge in [0.1, 0.15) is 17.2 Å². The van der Waals surface area contributed by atoms with Crippen molar-refractivity contribution >= 4 is 34.8 Å². The molecule has 0 unspecified atom stereocenters. The first-order valence-corrected chi connectivity index (χ1v) is 13.1. The van der Waals surface area contributed by atoms with E-state index in [1.54, 1.807) is 24.8 Å². The summed E-state index contributed by atoms with van der Waals surface area (Å²) in [6.07, 6.45) is 0. The van der Waals surface area contributed by atoms with E-state index >= 15 is 0 Å². The highest BCUT2D eigenvalue weighted by molar-refractivity contribution is 6.36. The maximum absolute atomic E-state index is 13.3. The molecule has 0 spiro atoms. The number of nitrogens with zero attached hydrogens (tertiary/aromatic N) is 3. The molecule has 0 fully saturated rings. The van der Waals surface area contributed by atoms with Crippen LogP contribution in [0, 0.1) is 0 Å². The Bertz CT molecular complexity index is 1520. The van der Waals surface area contributed by atoms with Crippen molar-refractivity contribution in [3.63, 3.8) is 0 Å². The third-order valence-electron chi connectivity index (χ3n) is 6.29. The molecule has 4 rings (SSSR count). The van der Waals surface area contributed by atoms with Gasteiger partial charge in [0.05, 0.1) is 30.1 Å². The average Bonchev–Trinajstić information content (AvgIpc) is 3.32. The summed E-state index contributed by atoms with van der Waals surface area (Å²) in [6.45, 7) is 8.52. The Morgan fingerprint density at radius 1 is 1.05 bits per heavy atom. The smallest absolute Gasteiger partial charge is 0.289 e. The monoisotopic (exact) mass is 564 g/mol. The van der Waals surface area contributed by atoms with Crippen LogP contribution in [-0.2, 0) is 12.0 Å². The van der Waals surface area contributed by atoms with E-state index in [4.69, 9.17) is 33.0 Å². The number of hydrogen-bond acceptors (Lipinski definition) is 5. The van der Waals surface area contributed by atoms with Crippen LogP contribution < -0.4 is 10.2 Å². The van der Waals surface area contributed by atoms with Gasteiger partial charge in [-0.05, 0) is 65.9 Å². The Kier molecular flexibility index (Phi) is 8.33. The van der Waals surface area contributed by atoms with Crippen LogP contribution in [-0.4, -0.2) is 33.6 Å². The van der Waals surface area contributed by atoms with Crippen LogP contribution in [0.1, 0.15) is 54.9 Å². The van der Waals surface area contributed by atoms with Crippen LogP contribution in [0.5, 0.6) is 11.5 Å². The SMILES string of the molecule is COc1ccc(-c2cc(C(=O)N/N=C(\C)c3cc(Cl)cc(Cl)c3O)n(Cc3ccc(C(C)(C)C)cc3)n2)cc1. The number of rotatable bonds is 7. The number of aromatic nitrogens is 2. The lowest BCUT2D eigenvalue weighted by atomic mass is 9.87. The molecule has 0 aliphatic carbocycles. The summed E-state index contributed by atoms with van der Waals surface area (Å²) in [7, 11) is 1.61. The molecule has 1 aromatic heterocycles. The normalized spacial score (nSPS) is 11.9. The molecule has 1 amide bonds. The third-order valence-corrected chi connectivity index (χ3v) is 6.80. The lowest BCUT2D eigenvalue weighted by Gasteiger charge is -2.19. The lowest BCUT2D eigenvalue weighted by molar-refractivity contribution is 0.0944. The number of hydrogen-bond donors (Lipinski definition) is 2. The minimum Gasteiger partial charge on any atom is -0.506 e. The number of hydrazone groups is 1. The van der Waals surface area contributed by atoms with E-state index in [1.807, 2.05) is 36.4 Å². The fraction of sp³-hybridized carbons (Fsp3) is 0.233. The summed E-state index contributed by atoms with van der Waals surface area (Å²) in [5.41, 5.74) is 7.28. The molecule has 0 aliphatic rings. The van der Waals surface area contributed by atoms with Gasteiger partial charge < -0.3 is 9.84 Å². The van der Waals surface area contributed by atoms with Crippen molar-refractivity contribution < 1.29 is 14.6 Å². The second kappa shape index (κ2) is 11.5. The summed E-state index contributed by atoms with van der Waals surface area (Å²) >= 11 is 12.1. The van der Waals surface area contributed by atoms with E-state index in [0.717, 1.165) is 16.9 Å². The molecule has 0 aliphatic heterocycles. The van der Waals surface area contributed by atoms with Gasteiger partial charge in [0.2, 0.25) is 0 Å². The molecule has 202 valence electrons. The van der Waals surface area contributed by atoms with Crippen LogP contribution in [0.4, 0.5) is 0 Å². The molecule has 9 heteroatoms. The van der Waals surface area contributed by atoms with E-state index in [1.165, 1.54) is 17.7 Å². The summed E-state index contributed by atoms with van der Waals surface area (Å²) in [4.78, 5) is 13.3. The first-order valence-electron chi connectivity index (χ1n) is 12.3. The van der Waals surface area contributed by atoms with Crippen molar-refractivity contribution in [2.24, 2.45) is 5.10 Å². The Hall–Kier alpha value is -3.81. The Morgan fingerprint density at radius 3 is 2.33 bits per heavy atom. The van der Waals surface area contributed by atoms with E-state index in [-0.39, 0.29) is 16.2 Å². The van der Waals surface area contributed by atoms with Gasteiger partial charge >= 0.3 is 0 Å². The Balaban J connectivity index is 1.66. The van der Waals surface area contributed by atoms with Gasteiger partial charge in [0.15, 0.2) is 0 Å². The molecular weight excluding hydrogens is 535 g/mol. The van der Waals surface area contributed by atoms with Crippen molar-refractivity contribution in [2.75, 3.05) is 7.11 Å². The molecule has 4 aromatic rings. The van der Waals surface area contributed by atoms with Crippen molar-refractivity contribution in [1.82, 2.24) is 15.2 Å². The second-order valence-electron chi connectivity index (χ2n) is 10.2. The molecule has 39 heavy (non-hydrogen) atoms. The van der Waals surface area contributed by atoms with Crippen molar-refractivity contribution in [2.45, 2.75) is 39.7 Å². The van der Waals surface area contributed by atoms with Gasteiger partial charge in [-0.3, -0.25) is 9.48 Å². The highest BCUT2D eigenvalue weighted by atomic mass is 35.5. The van der Waals surface area contributed by atoms with Crippen LogP contribution in [0.15, 0.2) is 71.8 Å². The summed E-state index contributed by atoms with van der Waals surface area (Å²) in [5.74, 6) is 0.104. The molecule has 0 saturated carbocycles. The number of methoxy groups -OCH3 is 1. The Morgan fingerprint density at radius 2 is 1.72 bits per heavy atom. The minimum atomic E-state index is -0.458. The number of aromatic hydroxyl groups is 1.